The highest BCUT2D eigenvalue weighted by Gasteiger charge is 2.18. The quantitative estimate of drug-likeness (QED) is 0.740. The lowest BCUT2D eigenvalue weighted by Crippen LogP contribution is -2.35. The Hall–Kier alpha value is -1.53. The van der Waals surface area contributed by atoms with E-state index in [-0.39, 0.29) is 22.3 Å². The van der Waals surface area contributed by atoms with Crippen molar-refractivity contribution in [3.63, 3.8) is 0 Å². The lowest BCUT2D eigenvalue weighted by molar-refractivity contribution is -0.141. The maximum absolute atomic E-state index is 13.0. The van der Waals surface area contributed by atoms with Crippen LogP contribution in [0, 0.1) is 11.7 Å². The van der Waals surface area contributed by atoms with Crippen molar-refractivity contribution in [1.82, 2.24) is 5.32 Å². The standard InChI is InChI=1S/C13H15Cl2FN2O3/c1-2-3-7(12(19)20)6-17-13(21)18-11-9(14)4-8(16)5-10(11)15/h4-5,7H,2-3,6H2,1H3,(H,19,20)(H2,17,18,21). The average molecular weight is 337 g/mol. The van der Waals surface area contributed by atoms with Crippen LogP contribution < -0.4 is 10.6 Å². The summed E-state index contributed by atoms with van der Waals surface area (Å²) >= 11 is 11.6. The fraction of sp³-hybridized carbons (Fsp3) is 0.385. The number of nitrogens with one attached hydrogen (secondary N) is 2. The Morgan fingerprint density at radius 1 is 1.33 bits per heavy atom. The molecule has 0 saturated heterocycles. The summed E-state index contributed by atoms with van der Waals surface area (Å²) in [7, 11) is 0. The van der Waals surface area contributed by atoms with E-state index >= 15 is 0 Å². The first-order chi connectivity index (χ1) is 9.85. The molecule has 0 radical (unpaired) electrons. The Labute approximate surface area is 131 Å². The van der Waals surface area contributed by atoms with Crippen LogP contribution in [0.25, 0.3) is 0 Å². The topological polar surface area (TPSA) is 78.4 Å². The van der Waals surface area contributed by atoms with Crippen molar-refractivity contribution in [2.45, 2.75) is 19.8 Å². The number of carboxylic acids is 1. The second-order valence-electron chi connectivity index (χ2n) is 4.40. The summed E-state index contributed by atoms with van der Waals surface area (Å²) in [6.45, 7) is 1.83. The van der Waals surface area contributed by atoms with Crippen LogP contribution in [0.3, 0.4) is 0 Å². The number of hydrogen-bond acceptors (Lipinski definition) is 2. The Morgan fingerprint density at radius 3 is 2.38 bits per heavy atom. The number of urea groups is 1. The molecule has 0 fully saturated rings. The van der Waals surface area contributed by atoms with Crippen molar-refractivity contribution in [3.05, 3.63) is 28.0 Å². The number of anilines is 1. The van der Waals surface area contributed by atoms with Crippen molar-refractivity contribution in [1.29, 1.82) is 0 Å². The monoisotopic (exact) mass is 336 g/mol. The molecule has 0 aromatic heterocycles. The number of carboxylic acid groups (broad SMARTS) is 1. The molecule has 1 aromatic rings. The van der Waals surface area contributed by atoms with Crippen molar-refractivity contribution in [3.8, 4) is 0 Å². The second-order valence-corrected chi connectivity index (χ2v) is 5.22. The van der Waals surface area contributed by atoms with Gasteiger partial charge in [-0.3, -0.25) is 4.79 Å². The molecule has 0 aliphatic heterocycles. The zero-order chi connectivity index (χ0) is 16.0. The van der Waals surface area contributed by atoms with E-state index in [2.05, 4.69) is 10.6 Å². The zero-order valence-corrected chi connectivity index (χ0v) is 12.8. The maximum atomic E-state index is 13.0. The highest BCUT2D eigenvalue weighted by molar-refractivity contribution is 6.39. The van der Waals surface area contributed by atoms with Crippen LogP contribution >= 0.6 is 23.2 Å². The van der Waals surface area contributed by atoms with Gasteiger partial charge in [0.25, 0.3) is 0 Å². The van der Waals surface area contributed by atoms with Gasteiger partial charge in [0.05, 0.1) is 21.7 Å². The highest BCUT2D eigenvalue weighted by atomic mass is 35.5. The van der Waals surface area contributed by atoms with Gasteiger partial charge in [-0.05, 0) is 18.6 Å². The molecule has 0 saturated carbocycles. The summed E-state index contributed by atoms with van der Waals surface area (Å²) in [5.74, 6) is -2.26. The van der Waals surface area contributed by atoms with Crippen LogP contribution in [-0.4, -0.2) is 23.7 Å². The van der Waals surface area contributed by atoms with Gasteiger partial charge in [0, 0.05) is 6.54 Å². The molecule has 0 spiro atoms. The number of halogens is 3. The Bertz CT molecular complexity index is 517. The van der Waals surface area contributed by atoms with Crippen LogP contribution in [-0.2, 0) is 4.79 Å². The average Bonchev–Trinajstić information content (AvgIpc) is 2.38. The predicted molar refractivity (Wildman–Crippen MR) is 79.5 cm³/mol. The van der Waals surface area contributed by atoms with E-state index in [1.807, 2.05) is 6.92 Å². The molecule has 0 bridgehead atoms. The molecule has 1 rings (SSSR count). The first kappa shape index (κ1) is 17.5. The largest absolute Gasteiger partial charge is 0.481 e. The van der Waals surface area contributed by atoms with E-state index in [0.717, 1.165) is 12.1 Å². The van der Waals surface area contributed by atoms with Crippen molar-refractivity contribution in [2.75, 3.05) is 11.9 Å². The number of benzene rings is 1. The first-order valence-corrected chi connectivity index (χ1v) is 7.03. The normalized spacial score (nSPS) is 11.8. The van der Waals surface area contributed by atoms with Gasteiger partial charge in [-0.1, -0.05) is 36.5 Å². The van der Waals surface area contributed by atoms with Crippen LogP contribution in [0.4, 0.5) is 14.9 Å². The molecule has 21 heavy (non-hydrogen) atoms. The number of carbonyl (C=O) groups excluding carboxylic acids is 1. The molecule has 0 aliphatic carbocycles. The number of aliphatic carboxylic acids is 1. The third-order valence-corrected chi connectivity index (χ3v) is 3.34. The lowest BCUT2D eigenvalue weighted by Gasteiger charge is -2.14. The molecule has 0 heterocycles. The number of hydrogen-bond donors (Lipinski definition) is 3. The van der Waals surface area contributed by atoms with E-state index in [0.29, 0.717) is 12.8 Å². The van der Waals surface area contributed by atoms with Gasteiger partial charge in [0.15, 0.2) is 0 Å². The van der Waals surface area contributed by atoms with Gasteiger partial charge in [0.2, 0.25) is 0 Å². The summed E-state index contributed by atoms with van der Waals surface area (Å²) < 4.78 is 13.0. The molecule has 5 nitrogen and oxygen atoms in total. The van der Waals surface area contributed by atoms with E-state index < -0.39 is 23.7 Å². The summed E-state index contributed by atoms with van der Waals surface area (Å²) in [5.41, 5.74) is 0.0691. The Kier molecular flexibility index (Phi) is 6.71. The fourth-order valence-corrected chi connectivity index (χ4v) is 2.25. The first-order valence-electron chi connectivity index (χ1n) is 6.27. The van der Waals surface area contributed by atoms with Crippen LogP contribution in [0.15, 0.2) is 12.1 Å². The zero-order valence-electron chi connectivity index (χ0n) is 11.3. The van der Waals surface area contributed by atoms with Gasteiger partial charge in [-0.2, -0.15) is 0 Å². The Balaban J connectivity index is 2.64. The van der Waals surface area contributed by atoms with Gasteiger partial charge < -0.3 is 15.7 Å². The molecule has 0 aliphatic rings. The van der Waals surface area contributed by atoms with E-state index in [1.165, 1.54) is 0 Å². The maximum Gasteiger partial charge on any atom is 0.319 e. The van der Waals surface area contributed by atoms with Gasteiger partial charge in [-0.25, -0.2) is 9.18 Å². The molecular weight excluding hydrogens is 322 g/mol. The van der Waals surface area contributed by atoms with E-state index in [9.17, 15) is 14.0 Å². The minimum Gasteiger partial charge on any atom is -0.481 e. The molecule has 8 heteroatoms. The van der Waals surface area contributed by atoms with Crippen molar-refractivity contribution < 1.29 is 19.1 Å². The molecule has 116 valence electrons. The molecule has 1 atom stereocenters. The van der Waals surface area contributed by atoms with Gasteiger partial charge >= 0.3 is 12.0 Å². The second kappa shape index (κ2) is 8.05. The van der Waals surface area contributed by atoms with Crippen LogP contribution in [0.1, 0.15) is 19.8 Å². The third kappa shape index (κ3) is 5.40. The minimum atomic E-state index is -0.977. The summed E-state index contributed by atoms with van der Waals surface area (Å²) in [6.07, 6.45) is 1.14. The van der Waals surface area contributed by atoms with Crippen molar-refractivity contribution in [2.24, 2.45) is 5.92 Å². The smallest absolute Gasteiger partial charge is 0.319 e. The SMILES string of the molecule is CCCC(CNC(=O)Nc1c(Cl)cc(F)cc1Cl)C(=O)O. The molecular formula is C13H15Cl2FN2O3. The lowest BCUT2D eigenvalue weighted by atomic mass is 10.0. The van der Waals surface area contributed by atoms with E-state index in [4.69, 9.17) is 28.3 Å². The Morgan fingerprint density at radius 2 is 1.90 bits per heavy atom. The third-order valence-electron chi connectivity index (χ3n) is 2.74. The minimum absolute atomic E-state index is 0.0224. The summed E-state index contributed by atoms with van der Waals surface area (Å²) in [4.78, 5) is 22.7. The number of carbonyl (C=O) groups is 2. The number of amides is 2. The van der Waals surface area contributed by atoms with Gasteiger partial charge in [-0.15, -0.1) is 0 Å². The van der Waals surface area contributed by atoms with Crippen LogP contribution in [0.5, 0.6) is 0 Å². The van der Waals surface area contributed by atoms with Crippen molar-refractivity contribution >= 4 is 40.9 Å². The highest BCUT2D eigenvalue weighted by Crippen LogP contribution is 2.31. The number of rotatable bonds is 6. The molecule has 1 aromatic carbocycles. The summed E-state index contributed by atoms with van der Waals surface area (Å²) in [5, 5.41) is 13.7. The summed E-state index contributed by atoms with van der Waals surface area (Å²) in [6, 6.07) is 1.37. The molecule has 3 N–H and O–H groups in total. The fourth-order valence-electron chi connectivity index (χ4n) is 1.70. The van der Waals surface area contributed by atoms with E-state index in [1.54, 1.807) is 0 Å². The molecule has 2 amide bonds. The molecule has 1 unspecified atom stereocenters. The predicted octanol–water partition coefficient (Wildman–Crippen LogP) is 3.75. The van der Waals surface area contributed by atoms with Gasteiger partial charge in [0.1, 0.15) is 5.82 Å². The van der Waals surface area contributed by atoms with Crippen LogP contribution in [0.2, 0.25) is 10.0 Å².